The topological polar surface area (TPSA) is 69.4 Å². The number of rotatable bonds is 3. The van der Waals surface area contributed by atoms with Crippen LogP contribution in [0, 0.1) is 17.0 Å². The highest BCUT2D eigenvalue weighted by atomic mass is 16.6. The molecular weight excluding hydrogens is 234 g/mol. The fourth-order valence-corrected chi connectivity index (χ4v) is 2.18. The number of benzene rings is 1. The molecule has 18 heavy (non-hydrogen) atoms. The second-order valence-corrected chi connectivity index (χ2v) is 4.58. The molecule has 1 fully saturated rings. The average Bonchev–Trinajstić information content (AvgIpc) is 2.28. The molecule has 0 radical (unpaired) electrons. The van der Waals surface area contributed by atoms with Crippen LogP contribution < -0.4 is 4.74 Å². The lowest BCUT2D eigenvalue weighted by molar-refractivity contribution is -0.385. The van der Waals surface area contributed by atoms with Gasteiger partial charge in [0, 0.05) is 24.5 Å². The maximum atomic E-state index is 11.3. The summed E-state index contributed by atoms with van der Waals surface area (Å²) < 4.78 is 5.70. The molecule has 0 aliphatic heterocycles. The lowest BCUT2D eigenvalue weighted by Gasteiger charge is -2.22. The summed E-state index contributed by atoms with van der Waals surface area (Å²) in [7, 11) is 0. The van der Waals surface area contributed by atoms with Gasteiger partial charge in [0.15, 0.2) is 0 Å². The van der Waals surface area contributed by atoms with Gasteiger partial charge in [0.25, 0.3) is 5.69 Å². The zero-order chi connectivity index (χ0) is 13.1. The number of nitrogens with zero attached hydrogens (tertiary/aromatic N) is 1. The molecule has 0 saturated heterocycles. The molecule has 0 N–H and O–H groups in total. The molecule has 1 aromatic rings. The monoisotopic (exact) mass is 249 g/mol. The summed E-state index contributed by atoms with van der Waals surface area (Å²) in [5.74, 6) is 0.822. The molecule has 0 amide bonds. The molecule has 0 spiro atoms. The summed E-state index contributed by atoms with van der Waals surface area (Å²) in [6, 6.07) is 4.68. The standard InChI is InChI=1S/C13H15NO4/c1-9-7-12(5-6-13(9)14(16)17)18-11-4-2-3-10(15)8-11/h5-7,11H,2-4,8H2,1H3. The molecule has 0 heterocycles. The van der Waals surface area contributed by atoms with Crippen LogP contribution in [0.4, 0.5) is 5.69 Å². The zero-order valence-corrected chi connectivity index (χ0v) is 10.2. The van der Waals surface area contributed by atoms with E-state index in [1.165, 1.54) is 6.07 Å². The first-order chi connectivity index (χ1) is 8.56. The van der Waals surface area contributed by atoms with Crippen molar-refractivity contribution in [2.45, 2.75) is 38.7 Å². The zero-order valence-electron chi connectivity index (χ0n) is 10.2. The molecule has 0 bridgehead atoms. The summed E-state index contributed by atoms with van der Waals surface area (Å²) in [4.78, 5) is 21.6. The van der Waals surface area contributed by atoms with Crippen LogP contribution in [-0.4, -0.2) is 16.8 Å². The average molecular weight is 249 g/mol. The van der Waals surface area contributed by atoms with Crippen LogP contribution >= 0.6 is 0 Å². The van der Waals surface area contributed by atoms with Crippen molar-refractivity contribution in [3.8, 4) is 5.75 Å². The van der Waals surface area contributed by atoms with Gasteiger partial charge in [-0.25, -0.2) is 0 Å². The second kappa shape index (κ2) is 5.16. The summed E-state index contributed by atoms with van der Waals surface area (Å²) in [5.41, 5.74) is 0.654. The molecule has 5 heteroatoms. The van der Waals surface area contributed by atoms with E-state index in [1.54, 1.807) is 19.1 Å². The normalized spacial score (nSPS) is 19.6. The van der Waals surface area contributed by atoms with Gasteiger partial charge in [-0.2, -0.15) is 0 Å². The Morgan fingerprint density at radius 1 is 1.44 bits per heavy atom. The summed E-state index contributed by atoms with van der Waals surface area (Å²) in [6.07, 6.45) is 2.71. The first-order valence-corrected chi connectivity index (χ1v) is 5.99. The van der Waals surface area contributed by atoms with Crippen LogP contribution in [0.5, 0.6) is 5.75 Å². The minimum absolute atomic E-state index is 0.0853. The van der Waals surface area contributed by atoms with Crippen molar-refractivity contribution in [1.29, 1.82) is 0 Å². The van der Waals surface area contributed by atoms with Gasteiger partial charge in [0.1, 0.15) is 17.6 Å². The lowest BCUT2D eigenvalue weighted by atomic mass is 9.96. The van der Waals surface area contributed by atoms with E-state index in [1.807, 2.05) is 0 Å². The fourth-order valence-electron chi connectivity index (χ4n) is 2.18. The van der Waals surface area contributed by atoms with Crippen LogP contribution in [-0.2, 0) is 4.79 Å². The number of aryl methyl sites for hydroxylation is 1. The fraction of sp³-hybridized carbons (Fsp3) is 0.462. The number of nitro groups is 1. The molecule has 0 aromatic heterocycles. The number of hydrogen-bond donors (Lipinski definition) is 0. The Hall–Kier alpha value is -1.91. The molecular formula is C13H15NO4. The van der Waals surface area contributed by atoms with Gasteiger partial charge in [-0.3, -0.25) is 14.9 Å². The van der Waals surface area contributed by atoms with Gasteiger partial charge in [-0.15, -0.1) is 0 Å². The van der Waals surface area contributed by atoms with Gasteiger partial charge in [0.2, 0.25) is 0 Å². The number of Topliss-reactive ketones (excluding diaryl/α,β-unsaturated/α-hetero) is 1. The smallest absolute Gasteiger partial charge is 0.272 e. The number of hydrogen-bond acceptors (Lipinski definition) is 4. The van der Waals surface area contributed by atoms with E-state index in [4.69, 9.17) is 4.74 Å². The molecule has 1 aromatic carbocycles. The number of ketones is 1. The number of carbonyl (C=O) groups excluding carboxylic acids is 1. The molecule has 1 aliphatic rings. The van der Waals surface area contributed by atoms with Crippen molar-refractivity contribution in [3.63, 3.8) is 0 Å². The van der Waals surface area contributed by atoms with Gasteiger partial charge in [0.05, 0.1) is 4.92 Å². The molecule has 1 unspecified atom stereocenters. The van der Waals surface area contributed by atoms with Crippen LogP contribution in [0.3, 0.4) is 0 Å². The van der Waals surface area contributed by atoms with Gasteiger partial charge < -0.3 is 4.74 Å². The van der Waals surface area contributed by atoms with E-state index in [2.05, 4.69) is 0 Å². The van der Waals surface area contributed by atoms with Crippen molar-refractivity contribution in [2.24, 2.45) is 0 Å². The van der Waals surface area contributed by atoms with Crippen LogP contribution in [0.1, 0.15) is 31.2 Å². The molecule has 1 aliphatic carbocycles. The van der Waals surface area contributed by atoms with Gasteiger partial charge in [-0.1, -0.05) is 0 Å². The van der Waals surface area contributed by atoms with E-state index < -0.39 is 4.92 Å². The third-order valence-electron chi connectivity index (χ3n) is 3.10. The highest BCUT2D eigenvalue weighted by molar-refractivity contribution is 5.79. The molecule has 1 saturated carbocycles. The van der Waals surface area contributed by atoms with E-state index >= 15 is 0 Å². The van der Waals surface area contributed by atoms with Crippen molar-refractivity contribution in [2.75, 3.05) is 0 Å². The highest BCUT2D eigenvalue weighted by Crippen LogP contribution is 2.26. The Kier molecular flexibility index (Phi) is 3.60. The van der Waals surface area contributed by atoms with Crippen molar-refractivity contribution in [1.82, 2.24) is 0 Å². The highest BCUT2D eigenvalue weighted by Gasteiger charge is 2.21. The molecule has 1 atom stereocenters. The largest absolute Gasteiger partial charge is 0.490 e. The predicted octanol–water partition coefficient (Wildman–Crippen LogP) is 2.79. The van der Waals surface area contributed by atoms with Crippen LogP contribution in [0.25, 0.3) is 0 Å². The molecule has 2 rings (SSSR count). The van der Waals surface area contributed by atoms with Crippen LogP contribution in [0.2, 0.25) is 0 Å². The van der Waals surface area contributed by atoms with Crippen molar-refractivity contribution in [3.05, 3.63) is 33.9 Å². The quantitative estimate of drug-likeness (QED) is 0.610. The maximum Gasteiger partial charge on any atom is 0.272 e. The Balaban J connectivity index is 2.08. The van der Waals surface area contributed by atoms with Gasteiger partial charge in [-0.05, 0) is 31.9 Å². The molecule has 5 nitrogen and oxygen atoms in total. The minimum atomic E-state index is -0.413. The van der Waals surface area contributed by atoms with Crippen molar-refractivity contribution < 1.29 is 14.5 Å². The lowest BCUT2D eigenvalue weighted by Crippen LogP contribution is -2.25. The number of ether oxygens (including phenoxy) is 1. The SMILES string of the molecule is Cc1cc(OC2CCCC(=O)C2)ccc1[N+](=O)[O-]. The first kappa shape index (κ1) is 12.5. The van der Waals surface area contributed by atoms with Crippen molar-refractivity contribution >= 4 is 11.5 Å². The molecule has 96 valence electrons. The Morgan fingerprint density at radius 2 is 2.22 bits per heavy atom. The maximum absolute atomic E-state index is 11.3. The van der Waals surface area contributed by atoms with E-state index in [9.17, 15) is 14.9 Å². The first-order valence-electron chi connectivity index (χ1n) is 5.99. The second-order valence-electron chi connectivity index (χ2n) is 4.58. The Labute approximate surface area is 105 Å². The van der Waals surface area contributed by atoms with E-state index in [0.29, 0.717) is 24.2 Å². The number of carbonyl (C=O) groups is 1. The summed E-state index contributed by atoms with van der Waals surface area (Å²) in [5, 5.41) is 10.7. The summed E-state index contributed by atoms with van der Waals surface area (Å²) >= 11 is 0. The number of nitro benzene ring substituents is 1. The summed E-state index contributed by atoms with van der Waals surface area (Å²) in [6.45, 7) is 1.68. The van der Waals surface area contributed by atoms with Gasteiger partial charge >= 0.3 is 0 Å². The van der Waals surface area contributed by atoms with Crippen LogP contribution in [0.15, 0.2) is 18.2 Å². The van der Waals surface area contributed by atoms with E-state index in [0.717, 1.165) is 12.8 Å². The van der Waals surface area contributed by atoms with E-state index in [-0.39, 0.29) is 17.6 Å². The minimum Gasteiger partial charge on any atom is -0.490 e. The third kappa shape index (κ3) is 2.85. The Bertz CT molecular complexity index is 484. The third-order valence-corrected chi connectivity index (χ3v) is 3.10. The predicted molar refractivity (Wildman–Crippen MR) is 65.7 cm³/mol. The Morgan fingerprint density at radius 3 is 2.83 bits per heavy atom.